The van der Waals surface area contributed by atoms with E-state index in [1.807, 2.05) is 31.2 Å². The highest BCUT2D eigenvalue weighted by atomic mass is 35.5. The lowest BCUT2D eigenvalue weighted by Crippen LogP contribution is -2.29. The van der Waals surface area contributed by atoms with Crippen molar-refractivity contribution in [2.75, 3.05) is 17.2 Å². The second-order valence-electron chi connectivity index (χ2n) is 6.63. The number of carbonyl (C=O) groups excluding carboxylic acids is 2. The van der Waals surface area contributed by atoms with E-state index in [2.05, 4.69) is 20.7 Å². The molecule has 2 amide bonds. The van der Waals surface area contributed by atoms with Gasteiger partial charge in [-0.25, -0.2) is 4.68 Å². The van der Waals surface area contributed by atoms with Gasteiger partial charge in [0, 0.05) is 16.3 Å². The lowest BCUT2D eigenvalue weighted by Gasteiger charge is -2.25. The van der Waals surface area contributed by atoms with Crippen molar-refractivity contribution in [2.45, 2.75) is 19.4 Å². The third-order valence-corrected chi connectivity index (χ3v) is 4.84. The molecule has 4 rings (SSSR count). The Balaban J connectivity index is 1.50. The van der Waals surface area contributed by atoms with Crippen LogP contribution in [0.15, 0.2) is 48.8 Å². The van der Waals surface area contributed by atoms with Crippen molar-refractivity contribution in [3.63, 3.8) is 0 Å². The predicted molar refractivity (Wildman–Crippen MR) is 108 cm³/mol. The van der Waals surface area contributed by atoms with E-state index in [0.717, 1.165) is 11.1 Å². The first-order valence-electron chi connectivity index (χ1n) is 8.98. The van der Waals surface area contributed by atoms with Gasteiger partial charge in [0.25, 0.3) is 5.91 Å². The molecule has 1 aromatic heterocycles. The summed E-state index contributed by atoms with van der Waals surface area (Å²) in [4.78, 5) is 28.5. The Morgan fingerprint density at radius 1 is 1.34 bits per heavy atom. The summed E-state index contributed by atoms with van der Waals surface area (Å²) < 4.78 is 7.42. The summed E-state index contributed by atoms with van der Waals surface area (Å²) in [6.45, 7) is 1.69. The molecule has 1 atom stereocenters. The molecule has 3 aromatic rings. The lowest BCUT2D eigenvalue weighted by atomic mass is 10.0. The SMILES string of the molecule is Cc1ccc(Cl)cc1NC(=O)COc1ccccc1[C@@H]1CC(=O)Nc2ncnn21. The summed E-state index contributed by atoms with van der Waals surface area (Å²) in [6, 6.07) is 12.2. The summed E-state index contributed by atoms with van der Waals surface area (Å²) in [7, 11) is 0. The number of halogens is 1. The van der Waals surface area contributed by atoms with E-state index >= 15 is 0 Å². The maximum absolute atomic E-state index is 12.4. The molecule has 0 aliphatic carbocycles. The van der Waals surface area contributed by atoms with Crippen LogP contribution in [-0.2, 0) is 9.59 Å². The normalized spacial score (nSPS) is 15.4. The summed E-state index contributed by atoms with van der Waals surface area (Å²) in [5, 5.41) is 10.2. The van der Waals surface area contributed by atoms with E-state index in [9.17, 15) is 9.59 Å². The molecular weight excluding hydrogens is 394 g/mol. The van der Waals surface area contributed by atoms with Gasteiger partial charge in [0.1, 0.15) is 12.1 Å². The number of nitrogens with zero attached hydrogens (tertiary/aromatic N) is 3. The molecule has 0 unspecified atom stereocenters. The number of carbonyl (C=O) groups is 2. The standard InChI is InChI=1S/C20H18ClN5O3/c1-12-6-7-13(21)8-15(12)24-19(28)10-29-17-5-3-2-4-14(17)16-9-18(27)25-20-22-11-23-26(16)20/h2-8,11,16H,9-10H2,1H3,(H,24,28)(H,22,23,25,27)/t16-/m0/s1. The molecule has 29 heavy (non-hydrogen) atoms. The number of hydrogen-bond acceptors (Lipinski definition) is 5. The van der Waals surface area contributed by atoms with Crippen molar-refractivity contribution in [1.29, 1.82) is 0 Å². The van der Waals surface area contributed by atoms with Gasteiger partial charge in [0.15, 0.2) is 6.61 Å². The van der Waals surface area contributed by atoms with Gasteiger partial charge in [-0.1, -0.05) is 35.9 Å². The van der Waals surface area contributed by atoms with Crippen molar-refractivity contribution in [3.8, 4) is 5.75 Å². The van der Waals surface area contributed by atoms with Gasteiger partial charge in [-0.3, -0.25) is 14.9 Å². The zero-order valence-electron chi connectivity index (χ0n) is 15.6. The quantitative estimate of drug-likeness (QED) is 0.671. The van der Waals surface area contributed by atoms with Crippen molar-refractivity contribution in [2.24, 2.45) is 0 Å². The molecule has 9 heteroatoms. The zero-order chi connectivity index (χ0) is 20.4. The number of rotatable bonds is 5. The van der Waals surface area contributed by atoms with Gasteiger partial charge in [-0.15, -0.1) is 0 Å². The van der Waals surface area contributed by atoms with Gasteiger partial charge >= 0.3 is 0 Å². The van der Waals surface area contributed by atoms with Crippen LogP contribution in [0.5, 0.6) is 5.75 Å². The summed E-state index contributed by atoms with van der Waals surface area (Å²) in [6.07, 6.45) is 1.59. The molecule has 2 N–H and O–H groups in total. The van der Waals surface area contributed by atoms with Crippen molar-refractivity contribution in [3.05, 3.63) is 64.9 Å². The first-order chi connectivity index (χ1) is 14.0. The molecule has 1 aliphatic rings. The van der Waals surface area contributed by atoms with Crippen LogP contribution in [0.25, 0.3) is 0 Å². The van der Waals surface area contributed by atoms with Gasteiger partial charge in [-0.2, -0.15) is 10.1 Å². The fraction of sp³-hybridized carbons (Fsp3) is 0.200. The second-order valence-corrected chi connectivity index (χ2v) is 7.07. The van der Waals surface area contributed by atoms with Crippen LogP contribution in [0.2, 0.25) is 5.02 Å². The maximum atomic E-state index is 12.4. The number of hydrogen-bond donors (Lipinski definition) is 2. The van der Waals surface area contributed by atoms with Gasteiger partial charge in [0.2, 0.25) is 11.9 Å². The number of nitrogens with one attached hydrogen (secondary N) is 2. The van der Waals surface area contributed by atoms with Crippen LogP contribution in [-0.4, -0.2) is 33.2 Å². The summed E-state index contributed by atoms with van der Waals surface area (Å²) in [5.74, 6) is 0.425. The third-order valence-electron chi connectivity index (χ3n) is 4.61. The summed E-state index contributed by atoms with van der Waals surface area (Å²) >= 11 is 6.00. The Bertz CT molecular complexity index is 1080. The molecule has 0 saturated heterocycles. The molecule has 1 aliphatic heterocycles. The molecular formula is C20H18ClN5O3. The van der Waals surface area contributed by atoms with Crippen LogP contribution in [0.4, 0.5) is 11.6 Å². The fourth-order valence-electron chi connectivity index (χ4n) is 3.19. The van der Waals surface area contributed by atoms with Gasteiger partial charge in [0.05, 0.1) is 12.5 Å². The van der Waals surface area contributed by atoms with E-state index in [0.29, 0.717) is 22.4 Å². The van der Waals surface area contributed by atoms with Crippen LogP contribution >= 0.6 is 11.6 Å². The van der Waals surface area contributed by atoms with Gasteiger partial charge < -0.3 is 10.1 Å². The largest absolute Gasteiger partial charge is 0.483 e. The van der Waals surface area contributed by atoms with Crippen LogP contribution in [0.3, 0.4) is 0 Å². The number of para-hydroxylation sites is 1. The third kappa shape index (κ3) is 4.07. The Morgan fingerprint density at radius 2 is 2.17 bits per heavy atom. The second kappa shape index (κ2) is 7.92. The number of fused-ring (bicyclic) bond motifs is 1. The Kier molecular flexibility index (Phi) is 5.18. The van der Waals surface area contributed by atoms with Crippen LogP contribution in [0, 0.1) is 6.92 Å². The Labute approximate surface area is 171 Å². The van der Waals surface area contributed by atoms with E-state index in [4.69, 9.17) is 16.3 Å². The minimum absolute atomic E-state index is 0.153. The average molecular weight is 412 g/mol. The highest BCUT2D eigenvalue weighted by Crippen LogP contribution is 2.34. The molecule has 0 spiro atoms. The smallest absolute Gasteiger partial charge is 0.262 e. The van der Waals surface area contributed by atoms with E-state index in [-0.39, 0.29) is 30.9 Å². The van der Waals surface area contributed by atoms with E-state index < -0.39 is 0 Å². The summed E-state index contributed by atoms with van der Waals surface area (Å²) in [5.41, 5.74) is 2.28. The number of anilines is 2. The van der Waals surface area contributed by atoms with Gasteiger partial charge in [-0.05, 0) is 30.7 Å². The molecule has 148 valence electrons. The van der Waals surface area contributed by atoms with Crippen molar-refractivity contribution in [1.82, 2.24) is 14.8 Å². The number of ether oxygens (including phenoxy) is 1. The fourth-order valence-corrected chi connectivity index (χ4v) is 3.36. The number of amides is 2. The van der Waals surface area contributed by atoms with Crippen molar-refractivity contribution < 1.29 is 14.3 Å². The Morgan fingerprint density at radius 3 is 3.03 bits per heavy atom. The van der Waals surface area contributed by atoms with E-state index in [1.165, 1.54) is 6.33 Å². The molecule has 0 saturated carbocycles. The first kappa shape index (κ1) is 18.9. The lowest BCUT2D eigenvalue weighted by molar-refractivity contribution is -0.118. The highest BCUT2D eigenvalue weighted by molar-refractivity contribution is 6.31. The highest BCUT2D eigenvalue weighted by Gasteiger charge is 2.29. The topological polar surface area (TPSA) is 98.1 Å². The van der Waals surface area contributed by atoms with Crippen LogP contribution < -0.4 is 15.4 Å². The number of aromatic nitrogens is 3. The average Bonchev–Trinajstić information content (AvgIpc) is 3.17. The maximum Gasteiger partial charge on any atom is 0.262 e. The molecule has 0 radical (unpaired) electrons. The van der Waals surface area contributed by atoms with Crippen LogP contribution in [0.1, 0.15) is 23.6 Å². The molecule has 0 fully saturated rings. The predicted octanol–water partition coefficient (Wildman–Crippen LogP) is 3.19. The molecule has 0 bridgehead atoms. The minimum Gasteiger partial charge on any atom is -0.483 e. The molecule has 2 heterocycles. The number of aryl methyl sites for hydroxylation is 1. The minimum atomic E-state index is -0.365. The van der Waals surface area contributed by atoms with E-state index in [1.54, 1.807) is 22.9 Å². The number of benzene rings is 2. The van der Waals surface area contributed by atoms with Crippen molar-refractivity contribution >= 4 is 35.1 Å². The molecule has 8 nitrogen and oxygen atoms in total. The first-order valence-corrected chi connectivity index (χ1v) is 9.36. The Hall–Kier alpha value is -3.39. The zero-order valence-corrected chi connectivity index (χ0v) is 16.3. The monoisotopic (exact) mass is 411 g/mol. The molecule has 2 aromatic carbocycles.